The van der Waals surface area contributed by atoms with E-state index in [9.17, 15) is 5.11 Å². The van der Waals surface area contributed by atoms with Crippen molar-refractivity contribution in [3.05, 3.63) is 88.4 Å². The topological polar surface area (TPSA) is 50.7 Å². The van der Waals surface area contributed by atoms with E-state index >= 15 is 0 Å². The molecule has 29 heavy (non-hydrogen) atoms. The summed E-state index contributed by atoms with van der Waals surface area (Å²) in [4.78, 5) is 0. The van der Waals surface area contributed by atoms with Gasteiger partial charge in [-0.3, -0.25) is 0 Å². The van der Waals surface area contributed by atoms with Gasteiger partial charge in [-0.05, 0) is 54.4 Å². The standard InChI is InChI=1S/C24H26ClNO3/c1-16-4-6-17(7-5-16)22(27)15-21(26-20-11-9-19(25)10-12-20)18-8-13-23(28-2)24(14-18)29-3/h4-14,21-22,26-27H,15H2,1-3H3. The number of aryl methyl sites for hydroxylation is 1. The van der Waals surface area contributed by atoms with E-state index in [1.54, 1.807) is 14.2 Å². The molecule has 2 unspecified atom stereocenters. The molecule has 0 aliphatic heterocycles. The first-order chi connectivity index (χ1) is 14.0. The van der Waals surface area contributed by atoms with Crippen molar-refractivity contribution < 1.29 is 14.6 Å². The Morgan fingerprint density at radius 3 is 2.10 bits per heavy atom. The van der Waals surface area contributed by atoms with Crippen molar-refractivity contribution in [2.75, 3.05) is 19.5 Å². The van der Waals surface area contributed by atoms with Gasteiger partial charge in [0.05, 0.1) is 26.4 Å². The van der Waals surface area contributed by atoms with Gasteiger partial charge in [0.25, 0.3) is 0 Å². The minimum atomic E-state index is -0.617. The first-order valence-corrected chi connectivity index (χ1v) is 9.86. The molecular formula is C24H26ClNO3. The molecule has 0 aliphatic rings. The number of benzene rings is 3. The van der Waals surface area contributed by atoms with Gasteiger partial charge in [0.2, 0.25) is 0 Å². The number of aliphatic hydroxyl groups excluding tert-OH is 1. The van der Waals surface area contributed by atoms with E-state index in [0.29, 0.717) is 22.9 Å². The molecule has 3 aromatic carbocycles. The normalized spacial score (nSPS) is 12.9. The van der Waals surface area contributed by atoms with E-state index in [-0.39, 0.29) is 6.04 Å². The Labute approximate surface area is 177 Å². The SMILES string of the molecule is COc1ccc(C(CC(O)c2ccc(C)cc2)Nc2ccc(Cl)cc2)cc1OC. The van der Waals surface area contributed by atoms with Crippen molar-refractivity contribution in [3.8, 4) is 11.5 Å². The quantitative estimate of drug-likeness (QED) is 0.481. The van der Waals surface area contributed by atoms with Gasteiger partial charge in [-0.1, -0.05) is 47.5 Å². The number of aliphatic hydroxyl groups is 1. The highest BCUT2D eigenvalue weighted by Gasteiger charge is 2.20. The van der Waals surface area contributed by atoms with Crippen LogP contribution >= 0.6 is 11.6 Å². The lowest BCUT2D eigenvalue weighted by Crippen LogP contribution is -2.15. The number of halogens is 1. The summed E-state index contributed by atoms with van der Waals surface area (Å²) in [5.74, 6) is 1.32. The van der Waals surface area contributed by atoms with Crippen LogP contribution in [-0.2, 0) is 0 Å². The lowest BCUT2D eigenvalue weighted by Gasteiger charge is -2.24. The molecule has 0 radical (unpaired) electrons. The largest absolute Gasteiger partial charge is 0.493 e. The van der Waals surface area contributed by atoms with Crippen LogP contribution in [0.4, 0.5) is 5.69 Å². The highest BCUT2D eigenvalue weighted by Crippen LogP contribution is 2.35. The zero-order chi connectivity index (χ0) is 20.8. The first-order valence-electron chi connectivity index (χ1n) is 9.49. The monoisotopic (exact) mass is 411 g/mol. The Balaban J connectivity index is 1.90. The number of anilines is 1. The third kappa shape index (κ3) is 5.43. The highest BCUT2D eigenvalue weighted by molar-refractivity contribution is 6.30. The summed E-state index contributed by atoms with van der Waals surface area (Å²) in [6.07, 6.45) is -0.130. The summed E-state index contributed by atoms with van der Waals surface area (Å²) in [7, 11) is 3.23. The van der Waals surface area contributed by atoms with E-state index in [2.05, 4.69) is 5.32 Å². The number of rotatable bonds is 8. The van der Waals surface area contributed by atoms with E-state index in [1.807, 2.05) is 73.7 Å². The van der Waals surface area contributed by atoms with Crippen LogP contribution < -0.4 is 14.8 Å². The molecule has 4 nitrogen and oxygen atoms in total. The Hall–Kier alpha value is -2.69. The molecule has 0 spiro atoms. The smallest absolute Gasteiger partial charge is 0.161 e. The molecule has 0 heterocycles. The summed E-state index contributed by atoms with van der Waals surface area (Å²) in [5.41, 5.74) is 3.96. The van der Waals surface area contributed by atoms with Crippen LogP contribution in [0.2, 0.25) is 5.02 Å². The number of hydrogen-bond acceptors (Lipinski definition) is 4. The molecule has 0 aromatic heterocycles. The highest BCUT2D eigenvalue weighted by atomic mass is 35.5. The van der Waals surface area contributed by atoms with Gasteiger partial charge in [-0.15, -0.1) is 0 Å². The number of methoxy groups -OCH3 is 2. The number of nitrogens with one attached hydrogen (secondary N) is 1. The fraction of sp³-hybridized carbons (Fsp3) is 0.250. The van der Waals surface area contributed by atoms with Crippen LogP contribution in [0.1, 0.15) is 35.3 Å². The lowest BCUT2D eigenvalue weighted by atomic mass is 9.95. The third-order valence-electron chi connectivity index (χ3n) is 4.92. The van der Waals surface area contributed by atoms with Gasteiger partial charge in [-0.25, -0.2) is 0 Å². The van der Waals surface area contributed by atoms with Crippen molar-refractivity contribution >= 4 is 17.3 Å². The maximum absolute atomic E-state index is 10.9. The second-order valence-corrected chi connectivity index (χ2v) is 7.42. The maximum atomic E-state index is 10.9. The van der Waals surface area contributed by atoms with Gasteiger partial charge in [-0.2, -0.15) is 0 Å². The molecule has 0 saturated carbocycles. The minimum absolute atomic E-state index is 0.146. The second-order valence-electron chi connectivity index (χ2n) is 6.98. The van der Waals surface area contributed by atoms with Gasteiger partial charge >= 0.3 is 0 Å². The Morgan fingerprint density at radius 2 is 1.48 bits per heavy atom. The predicted molar refractivity (Wildman–Crippen MR) is 118 cm³/mol. The molecule has 0 bridgehead atoms. The van der Waals surface area contributed by atoms with Crippen LogP contribution in [0.15, 0.2) is 66.7 Å². The summed E-state index contributed by atoms with van der Waals surface area (Å²) >= 11 is 6.02. The first kappa shape index (κ1) is 21.0. The third-order valence-corrected chi connectivity index (χ3v) is 5.17. The van der Waals surface area contributed by atoms with Crippen molar-refractivity contribution in [1.82, 2.24) is 0 Å². The fourth-order valence-electron chi connectivity index (χ4n) is 3.24. The van der Waals surface area contributed by atoms with Crippen molar-refractivity contribution in [1.29, 1.82) is 0 Å². The molecule has 3 rings (SSSR count). The molecule has 0 aliphatic carbocycles. The van der Waals surface area contributed by atoms with Gasteiger partial charge < -0.3 is 19.9 Å². The molecule has 2 N–H and O–H groups in total. The van der Waals surface area contributed by atoms with E-state index in [0.717, 1.165) is 22.4 Å². The number of ether oxygens (including phenoxy) is 2. The average Bonchev–Trinajstić information content (AvgIpc) is 2.74. The molecule has 2 atom stereocenters. The molecule has 0 amide bonds. The van der Waals surface area contributed by atoms with Gasteiger partial charge in [0.1, 0.15) is 0 Å². The molecular weight excluding hydrogens is 386 g/mol. The van der Waals surface area contributed by atoms with Crippen LogP contribution in [0.25, 0.3) is 0 Å². The fourth-order valence-corrected chi connectivity index (χ4v) is 3.37. The molecule has 152 valence electrons. The molecule has 0 saturated heterocycles. The van der Waals surface area contributed by atoms with Crippen LogP contribution in [-0.4, -0.2) is 19.3 Å². The van der Waals surface area contributed by atoms with Gasteiger partial charge in [0.15, 0.2) is 11.5 Å². The van der Waals surface area contributed by atoms with Crippen molar-refractivity contribution in [2.45, 2.75) is 25.5 Å². The van der Waals surface area contributed by atoms with Crippen LogP contribution in [0.3, 0.4) is 0 Å². The van der Waals surface area contributed by atoms with Crippen LogP contribution in [0, 0.1) is 6.92 Å². The van der Waals surface area contributed by atoms with Crippen molar-refractivity contribution in [2.24, 2.45) is 0 Å². The zero-order valence-corrected chi connectivity index (χ0v) is 17.6. The molecule has 0 fully saturated rings. The second kappa shape index (κ2) is 9.68. The Bertz CT molecular complexity index is 926. The molecule has 3 aromatic rings. The summed E-state index contributed by atoms with van der Waals surface area (Å²) < 4.78 is 10.8. The van der Waals surface area contributed by atoms with E-state index < -0.39 is 6.10 Å². The summed E-state index contributed by atoms with van der Waals surface area (Å²) in [5, 5.41) is 15.1. The maximum Gasteiger partial charge on any atom is 0.161 e. The van der Waals surface area contributed by atoms with Gasteiger partial charge in [0, 0.05) is 17.1 Å². The van der Waals surface area contributed by atoms with Crippen molar-refractivity contribution in [3.63, 3.8) is 0 Å². The lowest BCUT2D eigenvalue weighted by molar-refractivity contribution is 0.160. The Morgan fingerprint density at radius 1 is 0.862 bits per heavy atom. The Kier molecular flexibility index (Phi) is 7.02. The number of hydrogen-bond donors (Lipinski definition) is 2. The minimum Gasteiger partial charge on any atom is -0.493 e. The molecule has 5 heteroatoms. The predicted octanol–water partition coefficient (Wildman–Crippen LogP) is 5.94. The average molecular weight is 412 g/mol. The summed E-state index contributed by atoms with van der Waals surface area (Å²) in [6.45, 7) is 2.03. The zero-order valence-electron chi connectivity index (χ0n) is 16.9. The van der Waals surface area contributed by atoms with E-state index in [4.69, 9.17) is 21.1 Å². The van der Waals surface area contributed by atoms with Crippen LogP contribution in [0.5, 0.6) is 11.5 Å². The summed E-state index contributed by atoms with van der Waals surface area (Å²) in [6, 6.07) is 21.1. The van der Waals surface area contributed by atoms with E-state index in [1.165, 1.54) is 0 Å².